The summed E-state index contributed by atoms with van der Waals surface area (Å²) in [6.07, 6.45) is 2.25. The zero-order valence-electron chi connectivity index (χ0n) is 12.5. The molecule has 6 nitrogen and oxygen atoms in total. The van der Waals surface area contributed by atoms with Gasteiger partial charge in [0.25, 0.3) is 5.91 Å². The number of fused-ring (bicyclic) bond motifs is 1. The van der Waals surface area contributed by atoms with E-state index in [2.05, 4.69) is 15.5 Å². The van der Waals surface area contributed by atoms with Crippen molar-refractivity contribution in [2.45, 2.75) is 13.3 Å². The number of hydrogen-bond donors (Lipinski definition) is 1. The highest BCUT2D eigenvalue weighted by Crippen LogP contribution is 2.19. The Kier molecular flexibility index (Phi) is 4.14. The summed E-state index contributed by atoms with van der Waals surface area (Å²) in [5, 5.41) is 12.5. The maximum Gasteiger partial charge on any atom is 0.262 e. The standard InChI is InChI=1S/C15H13ClN4O2S/c1-3-12-18-19-15(23-12)17-14(22)10-7-20(2)11-5-4-8(16)6-9(11)13(10)21/h4-7H,3H2,1-2H3,(H,17,19,22). The molecule has 0 spiro atoms. The average molecular weight is 349 g/mol. The number of benzene rings is 1. The number of rotatable bonds is 3. The molecule has 23 heavy (non-hydrogen) atoms. The molecule has 118 valence electrons. The summed E-state index contributed by atoms with van der Waals surface area (Å²) in [5.74, 6) is -0.508. The monoisotopic (exact) mass is 348 g/mol. The Hall–Kier alpha value is -2.25. The second-order valence-corrected chi connectivity index (χ2v) is 6.45. The minimum Gasteiger partial charge on any atom is -0.350 e. The van der Waals surface area contributed by atoms with Gasteiger partial charge >= 0.3 is 0 Å². The number of anilines is 1. The highest BCUT2D eigenvalue weighted by molar-refractivity contribution is 7.15. The topological polar surface area (TPSA) is 76.9 Å². The molecular formula is C15H13ClN4O2S. The summed E-state index contributed by atoms with van der Waals surface area (Å²) in [7, 11) is 1.77. The van der Waals surface area contributed by atoms with Crippen molar-refractivity contribution in [3.05, 3.63) is 50.2 Å². The summed E-state index contributed by atoms with van der Waals surface area (Å²) in [5.41, 5.74) is 0.383. The Morgan fingerprint density at radius 1 is 1.39 bits per heavy atom. The van der Waals surface area contributed by atoms with Crippen LogP contribution in [-0.4, -0.2) is 20.7 Å². The van der Waals surface area contributed by atoms with Crippen LogP contribution < -0.4 is 10.7 Å². The number of hydrogen-bond acceptors (Lipinski definition) is 5. The molecule has 0 aliphatic rings. The number of nitrogens with one attached hydrogen (secondary N) is 1. The molecule has 0 bridgehead atoms. The lowest BCUT2D eigenvalue weighted by atomic mass is 10.1. The average Bonchev–Trinajstić information content (AvgIpc) is 2.98. The summed E-state index contributed by atoms with van der Waals surface area (Å²) >= 11 is 7.25. The molecule has 0 aliphatic carbocycles. The highest BCUT2D eigenvalue weighted by Gasteiger charge is 2.16. The molecule has 2 aromatic heterocycles. The van der Waals surface area contributed by atoms with Gasteiger partial charge in [0, 0.05) is 23.7 Å². The molecule has 3 rings (SSSR count). The molecule has 3 aromatic rings. The molecule has 1 N–H and O–H groups in total. The molecule has 0 radical (unpaired) electrons. The number of carbonyl (C=O) groups is 1. The van der Waals surface area contributed by atoms with Crippen LogP contribution in [0.15, 0.2) is 29.2 Å². The minimum atomic E-state index is -0.508. The molecule has 0 unspecified atom stereocenters. The van der Waals surface area contributed by atoms with Crippen LogP contribution in [0.3, 0.4) is 0 Å². The van der Waals surface area contributed by atoms with Gasteiger partial charge in [0.1, 0.15) is 10.6 Å². The van der Waals surface area contributed by atoms with E-state index in [9.17, 15) is 9.59 Å². The van der Waals surface area contributed by atoms with Gasteiger partial charge in [-0.15, -0.1) is 10.2 Å². The number of nitrogens with zero attached hydrogens (tertiary/aromatic N) is 3. The van der Waals surface area contributed by atoms with Gasteiger partial charge in [0.2, 0.25) is 10.6 Å². The summed E-state index contributed by atoms with van der Waals surface area (Å²) in [6, 6.07) is 5.02. The van der Waals surface area contributed by atoms with E-state index in [4.69, 9.17) is 11.6 Å². The number of aryl methyl sites for hydroxylation is 2. The molecular weight excluding hydrogens is 336 g/mol. The van der Waals surface area contributed by atoms with E-state index in [0.717, 1.165) is 11.4 Å². The highest BCUT2D eigenvalue weighted by atomic mass is 35.5. The zero-order chi connectivity index (χ0) is 16.6. The Morgan fingerprint density at radius 2 is 2.17 bits per heavy atom. The molecule has 0 aliphatic heterocycles. The van der Waals surface area contributed by atoms with Crippen LogP contribution in [0.4, 0.5) is 5.13 Å². The zero-order valence-corrected chi connectivity index (χ0v) is 14.0. The van der Waals surface area contributed by atoms with Crippen LogP contribution in [0, 0.1) is 0 Å². The van der Waals surface area contributed by atoms with Crippen LogP contribution in [0.1, 0.15) is 22.3 Å². The molecule has 0 atom stereocenters. The minimum absolute atomic E-state index is 0.0375. The first kappa shape index (κ1) is 15.6. The maximum absolute atomic E-state index is 12.6. The van der Waals surface area contributed by atoms with Crippen molar-refractivity contribution in [3.8, 4) is 0 Å². The number of amides is 1. The van der Waals surface area contributed by atoms with Gasteiger partial charge < -0.3 is 4.57 Å². The lowest BCUT2D eigenvalue weighted by molar-refractivity contribution is 0.102. The third-order valence-electron chi connectivity index (χ3n) is 3.38. The maximum atomic E-state index is 12.6. The number of carbonyl (C=O) groups excluding carboxylic acids is 1. The summed E-state index contributed by atoms with van der Waals surface area (Å²) < 4.78 is 1.72. The molecule has 0 fully saturated rings. The summed E-state index contributed by atoms with van der Waals surface area (Å²) in [6.45, 7) is 1.95. The predicted molar refractivity (Wildman–Crippen MR) is 91.4 cm³/mol. The smallest absolute Gasteiger partial charge is 0.262 e. The third kappa shape index (κ3) is 2.97. The fourth-order valence-electron chi connectivity index (χ4n) is 2.24. The fraction of sp³-hybridized carbons (Fsp3) is 0.200. The van der Waals surface area contributed by atoms with E-state index < -0.39 is 5.91 Å². The van der Waals surface area contributed by atoms with Crippen molar-refractivity contribution in [1.82, 2.24) is 14.8 Å². The van der Waals surface area contributed by atoms with E-state index >= 15 is 0 Å². The molecule has 2 heterocycles. The normalized spacial score (nSPS) is 10.9. The van der Waals surface area contributed by atoms with Crippen molar-refractivity contribution >= 4 is 44.9 Å². The van der Waals surface area contributed by atoms with Crippen LogP contribution in [0.25, 0.3) is 10.9 Å². The van der Waals surface area contributed by atoms with Crippen LogP contribution in [0.5, 0.6) is 0 Å². The Balaban J connectivity index is 2.03. The van der Waals surface area contributed by atoms with Gasteiger partial charge in [-0.3, -0.25) is 14.9 Å². The Bertz CT molecular complexity index is 964. The van der Waals surface area contributed by atoms with E-state index in [1.165, 1.54) is 17.5 Å². The molecule has 0 saturated heterocycles. The summed E-state index contributed by atoms with van der Waals surface area (Å²) in [4.78, 5) is 25.0. The molecule has 8 heteroatoms. The number of halogens is 1. The van der Waals surface area contributed by atoms with Crippen molar-refractivity contribution in [2.75, 3.05) is 5.32 Å². The molecule has 1 amide bonds. The second kappa shape index (κ2) is 6.10. The predicted octanol–water partition coefficient (Wildman–Crippen LogP) is 2.86. The van der Waals surface area contributed by atoms with Crippen molar-refractivity contribution < 1.29 is 4.79 Å². The number of pyridine rings is 1. The van der Waals surface area contributed by atoms with Crippen molar-refractivity contribution in [1.29, 1.82) is 0 Å². The first-order chi connectivity index (χ1) is 11.0. The van der Waals surface area contributed by atoms with Gasteiger partial charge in [0.05, 0.1) is 5.52 Å². The van der Waals surface area contributed by atoms with Crippen LogP contribution in [-0.2, 0) is 13.5 Å². The van der Waals surface area contributed by atoms with E-state index in [0.29, 0.717) is 21.1 Å². The van der Waals surface area contributed by atoms with Gasteiger partial charge in [-0.05, 0) is 24.6 Å². The SMILES string of the molecule is CCc1nnc(NC(=O)c2cn(C)c3ccc(Cl)cc3c2=O)s1. The third-order valence-corrected chi connectivity index (χ3v) is 4.60. The number of aromatic nitrogens is 3. The largest absolute Gasteiger partial charge is 0.350 e. The van der Waals surface area contributed by atoms with Crippen LogP contribution >= 0.6 is 22.9 Å². The quantitative estimate of drug-likeness (QED) is 0.789. The van der Waals surface area contributed by atoms with E-state index in [-0.39, 0.29) is 11.0 Å². The second-order valence-electron chi connectivity index (χ2n) is 4.95. The van der Waals surface area contributed by atoms with Crippen molar-refractivity contribution in [2.24, 2.45) is 7.05 Å². The van der Waals surface area contributed by atoms with Gasteiger partial charge in [-0.25, -0.2) is 0 Å². The Labute approximate surface area is 140 Å². The van der Waals surface area contributed by atoms with Gasteiger partial charge in [-0.2, -0.15) is 0 Å². The van der Waals surface area contributed by atoms with Crippen molar-refractivity contribution in [3.63, 3.8) is 0 Å². The molecule has 0 saturated carbocycles. The van der Waals surface area contributed by atoms with E-state index in [1.54, 1.807) is 29.8 Å². The van der Waals surface area contributed by atoms with Gasteiger partial charge in [0.15, 0.2) is 0 Å². The fourth-order valence-corrected chi connectivity index (χ4v) is 3.08. The lowest BCUT2D eigenvalue weighted by Gasteiger charge is -2.08. The Morgan fingerprint density at radius 3 is 2.87 bits per heavy atom. The van der Waals surface area contributed by atoms with E-state index in [1.807, 2.05) is 6.92 Å². The lowest BCUT2D eigenvalue weighted by Crippen LogP contribution is -2.23. The van der Waals surface area contributed by atoms with Crippen LogP contribution in [0.2, 0.25) is 5.02 Å². The first-order valence-electron chi connectivity index (χ1n) is 6.92. The molecule has 1 aromatic carbocycles. The van der Waals surface area contributed by atoms with Gasteiger partial charge in [-0.1, -0.05) is 29.9 Å². The first-order valence-corrected chi connectivity index (χ1v) is 8.11.